The van der Waals surface area contributed by atoms with E-state index in [1.54, 1.807) is 38.1 Å². The van der Waals surface area contributed by atoms with Crippen molar-refractivity contribution in [1.29, 1.82) is 0 Å². The number of likely N-dealkylation sites (N-methyl/N-ethyl adjacent to an activating group) is 1. The van der Waals surface area contributed by atoms with Crippen LogP contribution in [-0.2, 0) is 14.4 Å². The number of ether oxygens (including phenoxy) is 2. The van der Waals surface area contributed by atoms with Crippen LogP contribution in [0.1, 0.15) is 40.5 Å². The molecule has 3 atom stereocenters. The Balaban J connectivity index is 1.59. The van der Waals surface area contributed by atoms with Crippen LogP contribution in [-0.4, -0.2) is 78.5 Å². The Hall–Kier alpha value is -4.45. The number of anilines is 3. The summed E-state index contributed by atoms with van der Waals surface area (Å²) in [5, 5.41) is 12.7. The SMILES string of the molecule is CN[C@@H](C)C(=O)N[C@H](C(=O)N1CCCC1C(=O)Nc1cc2c(Nc3ccc(OC)cc3)ncnc2cc1OC)C(C)(C)C. The van der Waals surface area contributed by atoms with Crippen molar-refractivity contribution in [2.24, 2.45) is 5.41 Å². The van der Waals surface area contributed by atoms with E-state index in [4.69, 9.17) is 9.47 Å². The molecule has 4 rings (SSSR count). The van der Waals surface area contributed by atoms with Gasteiger partial charge in [-0.2, -0.15) is 0 Å². The number of fused-ring (bicyclic) bond motifs is 1. The summed E-state index contributed by atoms with van der Waals surface area (Å²) in [4.78, 5) is 50.6. The van der Waals surface area contributed by atoms with Crippen LogP contribution >= 0.6 is 0 Å². The Kier molecular flexibility index (Phi) is 9.70. The molecule has 1 aliphatic rings. The number of amides is 3. The topological polar surface area (TPSA) is 147 Å². The first kappa shape index (κ1) is 31.5. The summed E-state index contributed by atoms with van der Waals surface area (Å²) < 4.78 is 10.8. The molecular formula is C31H41N7O5. The van der Waals surface area contributed by atoms with Gasteiger partial charge in [-0.25, -0.2) is 9.97 Å². The standard InChI is InChI=1S/C31H41N7O5/c1-18(32-5)28(39)37-26(31(2,3)4)30(41)38-14-8-9-24(38)29(40)36-23-15-21-22(16-25(23)43-7)33-17-34-27(21)35-19-10-12-20(42-6)13-11-19/h10-13,15-18,24,26,32H,8-9,14H2,1-7H3,(H,36,40)(H,37,39)(H,33,34,35)/t18-,24?,26+/m0/s1. The number of carbonyl (C=O) groups excluding carboxylic acids is 3. The van der Waals surface area contributed by atoms with Gasteiger partial charge in [0.1, 0.15) is 35.7 Å². The van der Waals surface area contributed by atoms with Gasteiger partial charge in [-0.05, 0) is 62.6 Å². The molecule has 1 fully saturated rings. The maximum atomic E-state index is 13.8. The molecule has 0 saturated carbocycles. The van der Waals surface area contributed by atoms with Crippen molar-refractivity contribution >= 4 is 45.8 Å². The monoisotopic (exact) mass is 591 g/mol. The molecular weight excluding hydrogens is 550 g/mol. The second kappa shape index (κ2) is 13.2. The molecule has 0 spiro atoms. The molecule has 1 aromatic heterocycles. The van der Waals surface area contributed by atoms with E-state index in [1.807, 2.05) is 45.0 Å². The van der Waals surface area contributed by atoms with E-state index >= 15 is 0 Å². The van der Waals surface area contributed by atoms with Gasteiger partial charge in [0.25, 0.3) is 0 Å². The highest BCUT2D eigenvalue weighted by atomic mass is 16.5. The smallest absolute Gasteiger partial charge is 0.247 e. The third-order valence-electron chi connectivity index (χ3n) is 7.63. The molecule has 12 heteroatoms. The molecule has 0 bridgehead atoms. The summed E-state index contributed by atoms with van der Waals surface area (Å²) >= 11 is 0. The third kappa shape index (κ3) is 7.14. The number of methoxy groups -OCH3 is 2. The summed E-state index contributed by atoms with van der Waals surface area (Å²) in [5.41, 5.74) is 1.28. The fourth-order valence-corrected chi connectivity index (χ4v) is 4.99. The molecule has 43 heavy (non-hydrogen) atoms. The highest BCUT2D eigenvalue weighted by Crippen LogP contribution is 2.34. The molecule has 0 radical (unpaired) electrons. The molecule has 0 aliphatic carbocycles. The molecule has 4 N–H and O–H groups in total. The average Bonchev–Trinajstić information content (AvgIpc) is 3.49. The summed E-state index contributed by atoms with van der Waals surface area (Å²) in [6, 6.07) is 8.94. The van der Waals surface area contributed by atoms with Crippen LogP contribution in [0.5, 0.6) is 11.5 Å². The second-order valence-electron chi connectivity index (χ2n) is 11.6. The zero-order valence-electron chi connectivity index (χ0n) is 25.8. The molecule has 2 aromatic carbocycles. The highest BCUT2D eigenvalue weighted by Gasteiger charge is 2.42. The van der Waals surface area contributed by atoms with Crippen molar-refractivity contribution in [2.45, 2.75) is 58.7 Å². The lowest BCUT2D eigenvalue weighted by Crippen LogP contribution is -2.59. The fraction of sp³-hybridized carbons (Fsp3) is 0.452. The molecule has 3 amide bonds. The molecule has 12 nitrogen and oxygen atoms in total. The lowest BCUT2D eigenvalue weighted by atomic mass is 9.85. The van der Waals surface area contributed by atoms with E-state index in [-0.39, 0.29) is 17.7 Å². The van der Waals surface area contributed by atoms with E-state index in [1.165, 1.54) is 13.4 Å². The van der Waals surface area contributed by atoms with Crippen molar-refractivity contribution < 1.29 is 23.9 Å². The van der Waals surface area contributed by atoms with Crippen LogP contribution in [0.15, 0.2) is 42.7 Å². The Morgan fingerprint density at radius 2 is 1.77 bits per heavy atom. The van der Waals surface area contributed by atoms with Gasteiger partial charge in [-0.1, -0.05) is 20.8 Å². The van der Waals surface area contributed by atoms with E-state index in [2.05, 4.69) is 31.2 Å². The fourth-order valence-electron chi connectivity index (χ4n) is 4.99. The summed E-state index contributed by atoms with van der Waals surface area (Å²) in [6.07, 6.45) is 2.62. The number of hydrogen-bond donors (Lipinski definition) is 4. The van der Waals surface area contributed by atoms with Crippen LogP contribution in [0.3, 0.4) is 0 Å². The third-order valence-corrected chi connectivity index (χ3v) is 7.63. The predicted molar refractivity (Wildman–Crippen MR) is 166 cm³/mol. The molecule has 1 saturated heterocycles. The van der Waals surface area contributed by atoms with Crippen molar-refractivity contribution in [3.05, 3.63) is 42.7 Å². The molecule has 230 valence electrons. The Labute approximate surface area is 251 Å². The largest absolute Gasteiger partial charge is 0.497 e. The summed E-state index contributed by atoms with van der Waals surface area (Å²) in [7, 11) is 4.81. The number of nitrogens with zero attached hydrogens (tertiary/aromatic N) is 3. The van der Waals surface area contributed by atoms with Gasteiger partial charge >= 0.3 is 0 Å². The molecule has 1 unspecified atom stereocenters. The van der Waals surface area contributed by atoms with E-state index in [9.17, 15) is 14.4 Å². The van der Waals surface area contributed by atoms with Gasteiger partial charge in [0.15, 0.2) is 0 Å². The number of carbonyl (C=O) groups is 3. The van der Waals surface area contributed by atoms with Gasteiger partial charge < -0.3 is 35.6 Å². The minimum absolute atomic E-state index is 0.279. The van der Waals surface area contributed by atoms with Crippen LogP contribution in [0, 0.1) is 5.41 Å². The predicted octanol–water partition coefficient (Wildman–Crippen LogP) is 3.46. The lowest BCUT2D eigenvalue weighted by molar-refractivity contribution is -0.143. The van der Waals surface area contributed by atoms with Crippen molar-refractivity contribution in [1.82, 2.24) is 25.5 Å². The number of rotatable bonds is 10. The van der Waals surface area contributed by atoms with Crippen LogP contribution in [0.25, 0.3) is 10.9 Å². The Bertz CT molecular complexity index is 1470. The van der Waals surface area contributed by atoms with Crippen LogP contribution in [0.4, 0.5) is 17.2 Å². The van der Waals surface area contributed by atoms with Gasteiger partial charge in [0, 0.05) is 23.7 Å². The number of nitrogens with one attached hydrogen (secondary N) is 4. The Morgan fingerprint density at radius 3 is 2.40 bits per heavy atom. The van der Waals surface area contributed by atoms with Crippen molar-refractivity contribution in [3.63, 3.8) is 0 Å². The first-order valence-corrected chi connectivity index (χ1v) is 14.3. The zero-order valence-corrected chi connectivity index (χ0v) is 25.8. The van der Waals surface area contributed by atoms with Crippen LogP contribution < -0.4 is 30.7 Å². The first-order chi connectivity index (χ1) is 20.5. The minimum Gasteiger partial charge on any atom is -0.497 e. The second-order valence-corrected chi connectivity index (χ2v) is 11.6. The first-order valence-electron chi connectivity index (χ1n) is 14.3. The minimum atomic E-state index is -0.803. The number of aromatic nitrogens is 2. The number of hydrogen-bond acceptors (Lipinski definition) is 9. The normalized spacial score (nSPS) is 16.3. The van der Waals surface area contributed by atoms with E-state index in [0.29, 0.717) is 47.5 Å². The average molecular weight is 592 g/mol. The van der Waals surface area contributed by atoms with Gasteiger partial charge in [0.2, 0.25) is 17.7 Å². The van der Waals surface area contributed by atoms with E-state index in [0.717, 1.165) is 11.4 Å². The van der Waals surface area contributed by atoms with Gasteiger partial charge in [-0.3, -0.25) is 14.4 Å². The summed E-state index contributed by atoms with van der Waals surface area (Å²) in [5.74, 6) is 0.797. The molecule has 1 aliphatic heterocycles. The van der Waals surface area contributed by atoms with Crippen molar-refractivity contribution in [2.75, 3.05) is 38.4 Å². The van der Waals surface area contributed by atoms with Crippen molar-refractivity contribution in [3.8, 4) is 11.5 Å². The Morgan fingerprint density at radius 1 is 1.05 bits per heavy atom. The summed E-state index contributed by atoms with van der Waals surface area (Å²) in [6.45, 7) is 7.82. The maximum absolute atomic E-state index is 13.8. The highest BCUT2D eigenvalue weighted by molar-refractivity contribution is 6.03. The number of likely N-dealkylation sites (tertiary alicyclic amines) is 1. The van der Waals surface area contributed by atoms with Gasteiger partial charge in [-0.15, -0.1) is 0 Å². The molecule has 3 aromatic rings. The van der Waals surface area contributed by atoms with Gasteiger partial charge in [0.05, 0.1) is 31.5 Å². The lowest BCUT2D eigenvalue weighted by Gasteiger charge is -2.36. The quantitative estimate of drug-likeness (QED) is 0.278. The number of benzene rings is 2. The molecule has 2 heterocycles. The van der Waals surface area contributed by atoms with E-state index < -0.39 is 23.5 Å². The van der Waals surface area contributed by atoms with Crippen LogP contribution in [0.2, 0.25) is 0 Å². The maximum Gasteiger partial charge on any atom is 0.247 e. The zero-order chi connectivity index (χ0) is 31.3.